The van der Waals surface area contributed by atoms with Gasteiger partial charge in [-0.2, -0.15) is 0 Å². The van der Waals surface area contributed by atoms with Gasteiger partial charge in [0.25, 0.3) is 0 Å². The molecule has 0 spiro atoms. The molecule has 1 aliphatic rings. The highest BCUT2D eigenvalue weighted by atomic mass is 19.1. The first-order valence-corrected chi connectivity index (χ1v) is 12.8. The molecule has 0 bridgehead atoms. The minimum atomic E-state index is -0.619. The Morgan fingerprint density at radius 2 is 2.03 bits per heavy atom. The van der Waals surface area contributed by atoms with E-state index in [1.54, 1.807) is 19.9 Å². The molecule has 3 rings (SSSR count). The predicted octanol–water partition coefficient (Wildman–Crippen LogP) is 5.02. The minimum absolute atomic E-state index is 0.162. The van der Waals surface area contributed by atoms with E-state index in [2.05, 4.69) is 11.8 Å². The van der Waals surface area contributed by atoms with E-state index in [4.69, 9.17) is 9.47 Å². The van der Waals surface area contributed by atoms with E-state index in [0.717, 1.165) is 36.1 Å². The molecule has 1 aliphatic heterocycles. The molecule has 1 N–H and O–H groups in total. The smallest absolute Gasteiger partial charge is 0.306 e. The van der Waals surface area contributed by atoms with Crippen LogP contribution in [0.5, 0.6) is 0 Å². The summed E-state index contributed by atoms with van der Waals surface area (Å²) in [7, 11) is 0. The molecule has 0 saturated carbocycles. The normalized spacial score (nSPS) is 20.1. The number of nitrogens with zero attached hydrogens (tertiary/aromatic N) is 1. The van der Waals surface area contributed by atoms with Crippen molar-refractivity contribution in [2.45, 2.75) is 71.6 Å². The van der Waals surface area contributed by atoms with Crippen LogP contribution in [0.3, 0.4) is 0 Å². The lowest BCUT2D eigenvalue weighted by Crippen LogP contribution is -2.39. The van der Waals surface area contributed by atoms with E-state index in [9.17, 15) is 14.3 Å². The summed E-state index contributed by atoms with van der Waals surface area (Å²) >= 11 is 0. The number of benzene rings is 2. The summed E-state index contributed by atoms with van der Waals surface area (Å²) in [4.78, 5) is 14.1. The molecule has 192 valence electrons. The predicted molar refractivity (Wildman–Crippen MR) is 136 cm³/mol. The maximum Gasteiger partial charge on any atom is 0.306 e. The lowest BCUT2D eigenvalue weighted by atomic mass is 9.99. The van der Waals surface area contributed by atoms with Crippen molar-refractivity contribution in [1.82, 2.24) is 4.90 Å². The summed E-state index contributed by atoms with van der Waals surface area (Å²) < 4.78 is 25.1. The summed E-state index contributed by atoms with van der Waals surface area (Å²) in [5, 5.41) is 10.8. The van der Waals surface area contributed by atoms with Gasteiger partial charge in [0.1, 0.15) is 5.82 Å². The Bertz CT molecular complexity index is 965. The van der Waals surface area contributed by atoms with Gasteiger partial charge < -0.3 is 14.6 Å². The van der Waals surface area contributed by atoms with Crippen molar-refractivity contribution >= 4 is 5.97 Å². The van der Waals surface area contributed by atoms with Crippen molar-refractivity contribution in [3.63, 3.8) is 0 Å². The third-order valence-corrected chi connectivity index (χ3v) is 6.83. The van der Waals surface area contributed by atoms with E-state index >= 15 is 0 Å². The first-order valence-electron chi connectivity index (χ1n) is 12.8. The van der Waals surface area contributed by atoms with Crippen LogP contribution in [-0.4, -0.2) is 54.4 Å². The number of hydrogen-bond donors (Lipinski definition) is 1. The molecular weight excluding hydrogens is 445 g/mol. The largest absolute Gasteiger partial charge is 0.466 e. The molecule has 4 atom stereocenters. The monoisotopic (exact) mass is 485 g/mol. The second-order valence-corrected chi connectivity index (χ2v) is 9.87. The number of aliphatic hydroxyl groups is 1. The van der Waals surface area contributed by atoms with Crippen LogP contribution < -0.4 is 0 Å². The fraction of sp³-hybridized carbons (Fsp3) is 0.552. The van der Waals surface area contributed by atoms with Crippen LogP contribution in [0, 0.1) is 18.7 Å². The van der Waals surface area contributed by atoms with Gasteiger partial charge in [-0.05, 0) is 74.3 Å². The van der Waals surface area contributed by atoms with Crippen molar-refractivity contribution < 1.29 is 23.8 Å². The standard InChI is InChI=1S/C29H40FNO4/c1-5-34-29(33)13-12-24-8-6-7-9-27(24)22(4)35-19-26(32)18-31-17-20(2)14-25(31)15-23-11-10-21(3)28(30)16-23/h6-11,16,20,22,25-26,32H,5,12-15,17-19H2,1-4H3/t20-,22-,25+,26-/m1/s1. The van der Waals surface area contributed by atoms with Crippen molar-refractivity contribution in [2.75, 3.05) is 26.3 Å². The van der Waals surface area contributed by atoms with E-state index in [-0.39, 0.29) is 30.5 Å². The van der Waals surface area contributed by atoms with Crippen LogP contribution in [0.25, 0.3) is 0 Å². The number of carbonyl (C=O) groups excluding carboxylic acids is 1. The number of likely N-dealkylation sites (tertiary alicyclic amines) is 1. The van der Waals surface area contributed by atoms with E-state index in [1.807, 2.05) is 43.3 Å². The topological polar surface area (TPSA) is 59.0 Å². The number of hydrogen-bond acceptors (Lipinski definition) is 5. The zero-order chi connectivity index (χ0) is 25.4. The summed E-state index contributed by atoms with van der Waals surface area (Å²) in [6, 6.07) is 13.7. The van der Waals surface area contributed by atoms with E-state index in [0.29, 0.717) is 37.5 Å². The molecule has 0 radical (unpaired) electrons. The lowest BCUT2D eigenvalue weighted by molar-refractivity contribution is -0.143. The molecule has 1 saturated heterocycles. The number of esters is 1. The Kier molecular flexibility index (Phi) is 10.3. The molecule has 2 aromatic carbocycles. The van der Waals surface area contributed by atoms with Crippen molar-refractivity contribution in [3.05, 3.63) is 70.5 Å². The number of aliphatic hydroxyl groups excluding tert-OH is 1. The van der Waals surface area contributed by atoms with Crippen LogP contribution in [0.4, 0.5) is 4.39 Å². The summed E-state index contributed by atoms with van der Waals surface area (Å²) in [6.45, 7) is 9.84. The molecule has 2 aromatic rings. The van der Waals surface area contributed by atoms with Crippen LogP contribution in [0.15, 0.2) is 42.5 Å². The summed E-state index contributed by atoms with van der Waals surface area (Å²) in [6.07, 6.45) is 1.92. The highest BCUT2D eigenvalue weighted by Gasteiger charge is 2.31. The van der Waals surface area contributed by atoms with Crippen LogP contribution >= 0.6 is 0 Å². The molecule has 0 unspecified atom stereocenters. The molecule has 6 heteroatoms. The SMILES string of the molecule is CCOC(=O)CCc1ccccc1[C@@H](C)OC[C@H](O)CN1C[C@H](C)C[C@H]1Cc1ccc(C)c(F)c1. The summed E-state index contributed by atoms with van der Waals surface area (Å²) in [5.74, 6) is 0.174. The molecule has 0 aromatic heterocycles. The highest BCUT2D eigenvalue weighted by Crippen LogP contribution is 2.27. The first-order chi connectivity index (χ1) is 16.8. The number of β-amino-alcohol motifs (C(OH)–C–C–N with tert-alkyl or cyclic N) is 1. The number of rotatable bonds is 12. The maximum absolute atomic E-state index is 14.0. The van der Waals surface area contributed by atoms with Gasteiger partial charge in [-0.1, -0.05) is 43.3 Å². The van der Waals surface area contributed by atoms with Crippen LogP contribution in [0.1, 0.15) is 62.0 Å². The fourth-order valence-electron chi connectivity index (χ4n) is 5.01. The Morgan fingerprint density at radius 3 is 2.77 bits per heavy atom. The first kappa shape index (κ1) is 27.3. The third kappa shape index (κ3) is 8.13. The number of halogens is 1. The van der Waals surface area contributed by atoms with Gasteiger partial charge >= 0.3 is 5.97 Å². The van der Waals surface area contributed by atoms with Gasteiger partial charge in [-0.3, -0.25) is 9.69 Å². The molecule has 0 aliphatic carbocycles. The highest BCUT2D eigenvalue weighted by molar-refractivity contribution is 5.69. The Labute approximate surface area is 209 Å². The fourth-order valence-corrected chi connectivity index (χ4v) is 5.01. The third-order valence-electron chi connectivity index (χ3n) is 6.83. The zero-order valence-corrected chi connectivity index (χ0v) is 21.5. The van der Waals surface area contributed by atoms with Crippen molar-refractivity contribution in [2.24, 2.45) is 5.92 Å². The molecule has 1 heterocycles. The lowest BCUT2D eigenvalue weighted by Gasteiger charge is -2.28. The Balaban J connectivity index is 1.53. The average Bonchev–Trinajstić information content (AvgIpc) is 3.17. The zero-order valence-electron chi connectivity index (χ0n) is 21.5. The number of aryl methyl sites for hydroxylation is 2. The van der Waals surface area contributed by atoms with E-state index < -0.39 is 6.10 Å². The molecular formula is C29H40FNO4. The number of carbonyl (C=O) groups is 1. The van der Waals surface area contributed by atoms with Crippen LogP contribution in [-0.2, 0) is 27.1 Å². The second kappa shape index (κ2) is 13.1. The average molecular weight is 486 g/mol. The maximum atomic E-state index is 14.0. The quantitative estimate of drug-likeness (QED) is 0.428. The van der Waals surface area contributed by atoms with Gasteiger partial charge in [-0.15, -0.1) is 0 Å². The Hall–Kier alpha value is -2.28. The minimum Gasteiger partial charge on any atom is -0.466 e. The summed E-state index contributed by atoms with van der Waals surface area (Å²) in [5.41, 5.74) is 3.74. The molecule has 1 fully saturated rings. The molecule has 0 amide bonds. The van der Waals surface area contributed by atoms with Crippen molar-refractivity contribution in [1.29, 1.82) is 0 Å². The Morgan fingerprint density at radius 1 is 1.26 bits per heavy atom. The van der Waals surface area contributed by atoms with Gasteiger partial charge in [0.05, 0.1) is 25.4 Å². The molecule has 35 heavy (non-hydrogen) atoms. The van der Waals surface area contributed by atoms with Crippen LogP contribution in [0.2, 0.25) is 0 Å². The van der Waals surface area contributed by atoms with Gasteiger partial charge in [-0.25, -0.2) is 4.39 Å². The van der Waals surface area contributed by atoms with E-state index in [1.165, 1.54) is 0 Å². The second-order valence-electron chi connectivity index (χ2n) is 9.87. The van der Waals surface area contributed by atoms with Gasteiger partial charge in [0.15, 0.2) is 0 Å². The van der Waals surface area contributed by atoms with Gasteiger partial charge in [0.2, 0.25) is 0 Å². The molecule has 5 nitrogen and oxygen atoms in total. The van der Waals surface area contributed by atoms with Crippen molar-refractivity contribution in [3.8, 4) is 0 Å². The van der Waals surface area contributed by atoms with Gasteiger partial charge in [0, 0.05) is 25.6 Å². The number of ether oxygens (including phenoxy) is 2.